The van der Waals surface area contributed by atoms with Crippen LogP contribution in [0.15, 0.2) is 0 Å². The molecule has 3 nitrogen and oxygen atoms in total. The minimum atomic E-state index is -0.404. The van der Waals surface area contributed by atoms with E-state index in [1.165, 1.54) is 12.8 Å². The van der Waals surface area contributed by atoms with E-state index in [9.17, 15) is 4.79 Å². The number of carbonyl (C=O) groups is 1. The summed E-state index contributed by atoms with van der Waals surface area (Å²) in [5.74, 6) is 0.222. The first-order valence-electron chi connectivity index (χ1n) is 6.00. The number of rotatable bonds is 2. The molecule has 0 saturated carbocycles. The maximum absolute atomic E-state index is 12.3. The summed E-state index contributed by atoms with van der Waals surface area (Å²) >= 11 is 0. The Morgan fingerprint density at radius 2 is 2.07 bits per heavy atom. The van der Waals surface area contributed by atoms with Crippen LogP contribution < -0.4 is 5.73 Å². The van der Waals surface area contributed by atoms with Crippen molar-refractivity contribution in [2.24, 2.45) is 11.1 Å². The predicted molar refractivity (Wildman–Crippen MR) is 62.5 cm³/mol. The summed E-state index contributed by atoms with van der Waals surface area (Å²) in [5.41, 5.74) is 5.25. The van der Waals surface area contributed by atoms with Gasteiger partial charge in [0.2, 0.25) is 5.91 Å². The first-order valence-corrected chi connectivity index (χ1v) is 6.00. The third-order valence-electron chi connectivity index (χ3n) is 3.40. The summed E-state index contributed by atoms with van der Waals surface area (Å²) in [6.07, 6.45) is 4.76. The average molecular weight is 212 g/mol. The highest BCUT2D eigenvalue weighted by Crippen LogP contribution is 2.23. The molecule has 2 N–H and O–H groups in total. The van der Waals surface area contributed by atoms with Crippen molar-refractivity contribution < 1.29 is 4.79 Å². The molecule has 1 rings (SSSR count). The summed E-state index contributed by atoms with van der Waals surface area (Å²) in [5, 5.41) is 0. The lowest BCUT2D eigenvalue weighted by atomic mass is 9.91. The van der Waals surface area contributed by atoms with Crippen molar-refractivity contribution in [3.63, 3.8) is 0 Å². The zero-order chi connectivity index (χ0) is 11.5. The van der Waals surface area contributed by atoms with Gasteiger partial charge in [0.15, 0.2) is 0 Å². The Labute approximate surface area is 93.0 Å². The zero-order valence-corrected chi connectivity index (χ0v) is 10.3. The standard InChI is InChI=1S/C12H24N2O/c1-10-7-5-4-6-8-14(10)11(15)12(2,3)9-13/h10H,4-9,13H2,1-3H3. The molecular weight excluding hydrogens is 188 g/mol. The van der Waals surface area contributed by atoms with Crippen LogP contribution in [0.25, 0.3) is 0 Å². The molecule has 0 bridgehead atoms. The van der Waals surface area contributed by atoms with Gasteiger partial charge in [0.1, 0.15) is 0 Å². The SMILES string of the molecule is CC1CCCCCN1C(=O)C(C)(C)CN. The number of likely N-dealkylation sites (tertiary alicyclic amines) is 1. The Hall–Kier alpha value is -0.570. The largest absolute Gasteiger partial charge is 0.339 e. The third kappa shape index (κ3) is 2.94. The van der Waals surface area contributed by atoms with Gasteiger partial charge < -0.3 is 10.6 Å². The van der Waals surface area contributed by atoms with Crippen molar-refractivity contribution in [3.8, 4) is 0 Å². The Bertz CT molecular complexity index is 226. The van der Waals surface area contributed by atoms with Gasteiger partial charge in [-0.2, -0.15) is 0 Å². The van der Waals surface area contributed by atoms with E-state index in [2.05, 4.69) is 6.92 Å². The lowest BCUT2D eigenvalue weighted by Crippen LogP contribution is -2.48. The van der Waals surface area contributed by atoms with E-state index in [4.69, 9.17) is 5.73 Å². The zero-order valence-electron chi connectivity index (χ0n) is 10.3. The molecule has 1 saturated heterocycles. The Morgan fingerprint density at radius 1 is 1.40 bits per heavy atom. The summed E-state index contributed by atoms with van der Waals surface area (Å²) in [6, 6.07) is 0.380. The van der Waals surface area contributed by atoms with Crippen LogP contribution in [0.3, 0.4) is 0 Å². The fourth-order valence-corrected chi connectivity index (χ4v) is 2.05. The van der Waals surface area contributed by atoms with Gasteiger partial charge in [0.05, 0.1) is 5.41 Å². The second kappa shape index (κ2) is 4.97. The number of hydrogen-bond donors (Lipinski definition) is 1. The fourth-order valence-electron chi connectivity index (χ4n) is 2.05. The number of hydrogen-bond acceptors (Lipinski definition) is 2. The summed E-state index contributed by atoms with van der Waals surface area (Å²) in [7, 11) is 0. The van der Waals surface area contributed by atoms with E-state index in [-0.39, 0.29) is 5.91 Å². The predicted octanol–water partition coefficient (Wildman–Crippen LogP) is 1.76. The fraction of sp³-hybridized carbons (Fsp3) is 0.917. The molecule has 3 heteroatoms. The number of amides is 1. The topological polar surface area (TPSA) is 46.3 Å². The van der Waals surface area contributed by atoms with Crippen molar-refractivity contribution in [1.29, 1.82) is 0 Å². The van der Waals surface area contributed by atoms with Crippen LogP contribution in [-0.4, -0.2) is 29.9 Å². The van der Waals surface area contributed by atoms with E-state index >= 15 is 0 Å². The molecule has 0 radical (unpaired) electrons. The van der Waals surface area contributed by atoms with Gasteiger partial charge in [-0.3, -0.25) is 4.79 Å². The van der Waals surface area contributed by atoms with Crippen LogP contribution in [0, 0.1) is 5.41 Å². The van der Waals surface area contributed by atoms with Gasteiger partial charge >= 0.3 is 0 Å². The first kappa shape index (κ1) is 12.5. The molecule has 15 heavy (non-hydrogen) atoms. The van der Waals surface area contributed by atoms with Crippen LogP contribution in [0.5, 0.6) is 0 Å². The molecule has 0 aliphatic carbocycles. The van der Waals surface area contributed by atoms with Crippen LogP contribution in [0.4, 0.5) is 0 Å². The Morgan fingerprint density at radius 3 is 2.67 bits per heavy atom. The lowest BCUT2D eigenvalue weighted by molar-refractivity contribution is -0.141. The number of nitrogens with zero attached hydrogens (tertiary/aromatic N) is 1. The quantitative estimate of drug-likeness (QED) is 0.758. The molecule has 1 aliphatic heterocycles. The molecule has 0 aromatic heterocycles. The normalized spacial score (nSPS) is 23.7. The van der Waals surface area contributed by atoms with Crippen molar-refractivity contribution >= 4 is 5.91 Å². The van der Waals surface area contributed by atoms with Gasteiger partial charge in [0.25, 0.3) is 0 Å². The van der Waals surface area contributed by atoms with Crippen LogP contribution in [-0.2, 0) is 4.79 Å². The molecule has 0 aromatic carbocycles. The minimum absolute atomic E-state index is 0.222. The maximum Gasteiger partial charge on any atom is 0.229 e. The first-order chi connectivity index (χ1) is 6.99. The molecule has 1 aliphatic rings. The maximum atomic E-state index is 12.3. The van der Waals surface area contributed by atoms with Crippen molar-refractivity contribution in [2.75, 3.05) is 13.1 Å². The monoisotopic (exact) mass is 212 g/mol. The highest BCUT2D eigenvalue weighted by molar-refractivity contribution is 5.82. The van der Waals surface area contributed by atoms with E-state index in [0.29, 0.717) is 12.6 Å². The second-order valence-corrected chi connectivity index (χ2v) is 5.28. The van der Waals surface area contributed by atoms with Crippen molar-refractivity contribution in [2.45, 2.75) is 52.5 Å². The van der Waals surface area contributed by atoms with Gasteiger partial charge in [-0.15, -0.1) is 0 Å². The summed E-state index contributed by atoms with van der Waals surface area (Å²) in [4.78, 5) is 14.3. The van der Waals surface area contributed by atoms with Gasteiger partial charge in [-0.25, -0.2) is 0 Å². The number of nitrogens with two attached hydrogens (primary N) is 1. The smallest absolute Gasteiger partial charge is 0.229 e. The summed E-state index contributed by atoms with van der Waals surface area (Å²) in [6.45, 7) is 7.36. The van der Waals surface area contributed by atoms with E-state index in [0.717, 1.165) is 19.4 Å². The van der Waals surface area contributed by atoms with Crippen molar-refractivity contribution in [1.82, 2.24) is 4.90 Å². The molecule has 1 fully saturated rings. The van der Waals surface area contributed by atoms with Gasteiger partial charge in [0, 0.05) is 19.1 Å². The molecule has 0 aromatic rings. The highest BCUT2D eigenvalue weighted by atomic mass is 16.2. The van der Waals surface area contributed by atoms with E-state index in [1.54, 1.807) is 0 Å². The van der Waals surface area contributed by atoms with Gasteiger partial charge in [-0.05, 0) is 33.6 Å². The average Bonchev–Trinajstić information content (AvgIpc) is 2.41. The molecule has 1 unspecified atom stereocenters. The molecule has 88 valence electrons. The van der Waals surface area contributed by atoms with E-state index in [1.807, 2.05) is 18.7 Å². The third-order valence-corrected chi connectivity index (χ3v) is 3.40. The molecule has 1 atom stereocenters. The molecule has 0 spiro atoms. The molecular formula is C12H24N2O. The Kier molecular flexibility index (Phi) is 4.14. The summed E-state index contributed by atoms with van der Waals surface area (Å²) < 4.78 is 0. The lowest BCUT2D eigenvalue weighted by Gasteiger charge is -2.34. The minimum Gasteiger partial charge on any atom is -0.339 e. The highest BCUT2D eigenvalue weighted by Gasteiger charge is 2.33. The number of carbonyl (C=O) groups excluding carboxylic acids is 1. The Balaban J connectivity index is 2.71. The molecule has 1 heterocycles. The van der Waals surface area contributed by atoms with Crippen LogP contribution in [0.1, 0.15) is 46.5 Å². The van der Waals surface area contributed by atoms with Gasteiger partial charge in [-0.1, -0.05) is 12.8 Å². The van der Waals surface area contributed by atoms with Crippen LogP contribution >= 0.6 is 0 Å². The van der Waals surface area contributed by atoms with Crippen molar-refractivity contribution in [3.05, 3.63) is 0 Å². The second-order valence-electron chi connectivity index (χ2n) is 5.28. The van der Waals surface area contributed by atoms with E-state index < -0.39 is 5.41 Å². The molecule has 1 amide bonds. The van der Waals surface area contributed by atoms with Crippen LogP contribution in [0.2, 0.25) is 0 Å².